The number of benzene rings is 2. The second-order valence-electron chi connectivity index (χ2n) is 7.84. The Kier molecular flexibility index (Phi) is 7.44. The maximum atomic E-state index is 13.6. The fourth-order valence-electron chi connectivity index (χ4n) is 3.40. The maximum absolute atomic E-state index is 13.6. The Labute approximate surface area is 205 Å². The normalized spacial score (nSPS) is 17.4. The van der Waals surface area contributed by atoms with E-state index in [0.717, 1.165) is 14.4 Å². The second-order valence-corrected chi connectivity index (χ2v) is 9.19. The molecular formula is C23H24BrClN4O4. The van der Waals surface area contributed by atoms with Gasteiger partial charge >= 0.3 is 18.0 Å². The predicted molar refractivity (Wildman–Crippen MR) is 131 cm³/mol. The van der Waals surface area contributed by atoms with Crippen molar-refractivity contribution in [2.24, 2.45) is 10.5 Å². The number of carbonyl (C=O) groups is 3. The SMILES string of the molecule is CCOC(=O)C1(C)CN(C(=O)N(C(=O)N(C)C)c2ccc(Br)cc2)N=C1c1ccc(Cl)cc1. The number of halogens is 2. The van der Waals surface area contributed by atoms with E-state index in [-0.39, 0.29) is 13.2 Å². The number of esters is 1. The Hall–Kier alpha value is -2.91. The van der Waals surface area contributed by atoms with Crippen molar-refractivity contribution in [1.29, 1.82) is 0 Å². The first-order valence-corrected chi connectivity index (χ1v) is 11.4. The Morgan fingerprint density at radius 3 is 2.27 bits per heavy atom. The molecule has 0 N–H and O–H groups in total. The minimum atomic E-state index is -1.23. The van der Waals surface area contributed by atoms with Gasteiger partial charge in [0.1, 0.15) is 5.41 Å². The number of urea groups is 2. The van der Waals surface area contributed by atoms with E-state index in [2.05, 4.69) is 21.0 Å². The Balaban J connectivity index is 2.06. The lowest BCUT2D eigenvalue weighted by Gasteiger charge is -2.28. The molecule has 1 atom stereocenters. The molecule has 1 heterocycles. The van der Waals surface area contributed by atoms with Gasteiger partial charge in [0.05, 0.1) is 24.6 Å². The van der Waals surface area contributed by atoms with E-state index in [4.69, 9.17) is 16.3 Å². The van der Waals surface area contributed by atoms with Crippen LogP contribution in [0.2, 0.25) is 5.02 Å². The molecule has 0 aliphatic carbocycles. The molecule has 4 amide bonds. The number of anilines is 1. The summed E-state index contributed by atoms with van der Waals surface area (Å²) >= 11 is 9.37. The fourth-order valence-corrected chi connectivity index (χ4v) is 3.79. The molecule has 2 aromatic rings. The first-order valence-electron chi connectivity index (χ1n) is 10.2. The molecule has 0 aromatic heterocycles. The van der Waals surface area contributed by atoms with Gasteiger partial charge in [-0.05, 0) is 55.8 Å². The summed E-state index contributed by atoms with van der Waals surface area (Å²) in [5.41, 5.74) is 0.125. The van der Waals surface area contributed by atoms with Crippen molar-refractivity contribution in [3.05, 3.63) is 63.6 Å². The van der Waals surface area contributed by atoms with E-state index < -0.39 is 23.4 Å². The number of rotatable bonds is 4. The lowest BCUT2D eigenvalue weighted by molar-refractivity contribution is -0.150. The fraction of sp³-hybridized carbons (Fsp3) is 0.304. The van der Waals surface area contributed by atoms with Crippen LogP contribution in [-0.4, -0.2) is 60.9 Å². The van der Waals surface area contributed by atoms with Crippen LogP contribution in [0.4, 0.5) is 15.3 Å². The Bertz CT molecular complexity index is 1090. The third kappa shape index (κ3) is 5.04. The highest BCUT2D eigenvalue weighted by Gasteiger charge is 2.49. The Morgan fingerprint density at radius 2 is 1.73 bits per heavy atom. The average Bonchev–Trinajstić information content (AvgIpc) is 3.14. The van der Waals surface area contributed by atoms with E-state index in [1.165, 1.54) is 4.90 Å². The molecule has 1 unspecified atom stereocenters. The molecule has 10 heteroatoms. The summed E-state index contributed by atoms with van der Waals surface area (Å²) < 4.78 is 6.10. The topological polar surface area (TPSA) is 82.5 Å². The molecule has 8 nitrogen and oxygen atoms in total. The molecule has 1 aliphatic rings. The van der Waals surface area contributed by atoms with E-state index in [1.807, 2.05) is 0 Å². The average molecular weight is 536 g/mol. The number of ether oxygens (including phenoxy) is 1. The molecule has 0 fully saturated rings. The van der Waals surface area contributed by atoms with Crippen molar-refractivity contribution in [2.75, 3.05) is 32.1 Å². The minimum Gasteiger partial charge on any atom is -0.465 e. The molecule has 0 saturated carbocycles. The van der Waals surface area contributed by atoms with Crippen molar-refractivity contribution in [3.63, 3.8) is 0 Å². The number of hydrazone groups is 1. The summed E-state index contributed by atoms with van der Waals surface area (Å²) in [6, 6.07) is 12.3. The number of hydrogen-bond acceptors (Lipinski definition) is 5. The van der Waals surface area contributed by atoms with Gasteiger partial charge in [0.15, 0.2) is 0 Å². The Morgan fingerprint density at radius 1 is 1.12 bits per heavy atom. The second kappa shape index (κ2) is 9.93. The standard InChI is InChI=1S/C23H24BrClN4O4/c1-5-33-20(30)23(2)14-28(26-19(23)15-6-10-17(25)11-7-15)22(32)29(21(31)27(3)4)18-12-8-16(24)9-13-18/h6-13H,5,14H2,1-4H3. The summed E-state index contributed by atoms with van der Waals surface area (Å²) in [6.07, 6.45) is 0. The van der Waals surface area contributed by atoms with Crippen molar-refractivity contribution in [2.45, 2.75) is 13.8 Å². The van der Waals surface area contributed by atoms with E-state index in [1.54, 1.807) is 76.5 Å². The largest absolute Gasteiger partial charge is 0.465 e. The zero-order valence-corrected chi connectivity index (χ0v) is 21.1. The molecule has 2 aromatic carbocycles. The van der Waals surface area contributed by atoms with Gasteiger partial charge in [-0.3, -0.25) is 4.79 Å². The molecule has 3 rings (SSSR count). The van der Waals surface area contributed by atoms with Crippen LogP contribution in [0.3, 0.4) is 0 Å². The molecular weight excluding hydrogens is 512 g/mol. The molecule has 0 radical (unpaired) electrons. The van der Waals surface area contributed by atoms with Crippen LogP contribution in [0.15, 0.2) is 58.1 Å². The summed E-state index contributed by atoms with van der Waals surface area (Å²) in [5.74, 6) is -0.511. The molecule has 1 aliphatic heterocycles. The van der Waals surface area contributed by atoms with Crippen LogP contribution >= 0.6 is 27.5 Å². The number of carbonyl (C=O) groups excluding carboxylic acids is 3. The molecule has 174 valence electrons. The van der Waals surface area contributed by atoms with E-state index in [9.17, 15) is 14.4 Å². The summed E-state index contributed by atoms with van der Waals surface area (Å²) in [7, 11) is 3.10. The number of hydrogen-bond donors (Lipinski definition) is 0. The molecule has 0 spiro atoms. The van der Waals surface area contributed by atoms with Crippen molar-refractivity contribution < 1.29 is 19.1 Å². The number of amides is 4. The highest BCUT2D eigenvalue weighted by atomic mass is 79.9. The van der Waals surface area contributed by atoms with Gasteiger partial charge in [0.25, 0.3) is 0 Å². The van der Waals surface area contributed by atoms with E-state index in [0.29, 0.717) is 22.0 Å². The zero-order valence-electron chi connectivity index (χ0n) is 18.7. The third-order valence-corrected chi connectivity index (χ3v) is 5.90. The maximum Gasteiger partial charge on any atom is 0.353 e. The van der Waals surface area contributed by atoms with Gasteiger partial charge in [-0.25, -0.2) is 19.5 Å². The van der Waals surface area contributed by atoms with Crippen molar-refractivity contribution in [3.8, 4) is 0 Å². The van der Waals surface area contributed by atoms with Gasteiger partial charge in [-0.1, -0.05) is 39.7 Å². The lowest BCUT2D eigenvalue weighted by Crippen LogP contribution is -2.50. The van der Waals surface area contributed by atoms with Crippen LogP contribution in [0.5, 0.6) is 0 Å². The third-order valence-electron chi connectivity index (χ3n) is 5.12. The molecule has 0 bridgehead atoms. The minimum absolute atomic E-state index is 0.0869. The van der Waals surface area contributed by atoms with Crippen molar-refractivity contribution >= 4 is 57.0 Å². The molecule has 33 heavy (non-hydrogen) atoms. The molecule has 0 saturated heterocycles. The number of imide groups is 1. The summed E-state index contributed by atoms with van der Waals surface area (Å²) in [4.78, 5) is 41.8. The first-order chi connectivity index (χ1) is 15.6. The van der Waals surface area contributed by atoms with Crippen LogP contribution in [0, 0.1) is 5.41 Å². The zero-order chi connectivity index (χ0) is 24.3. The van der Waals surface area contributed by atoms with Gasteiger partial charge in [0, 0.05) is 23.6 Å². The van der Waals surface area contributed by atoms with Gasteiger partial charge in [0.2, 0.25) is 0 Å². The van der Waals surface area contributed by atoms with Gasteiger partial charge in [-0.15, -0.1) is 0 Å². The highest BCUT2D eigenvalue weighted by molar-refractivity contribution is 9.10. The first kappa shape index (κ1) is 24.7. The predicted octanol–water partition coefficient (Wildman–Crippen LogP) is 5.00. The smallest absolute Gasteiger partial charge is 0.353 e. The monoisotopic (exact) mass is 534 g/mol. The summed E-state index contributed by atoms with van der Waals surface area (Å²) in [6.45, 7) is 3.48. The number of nitrogens with zero attached hydrogens (tertiary/aromatic N) is 4. The van der Waals surface area contributed by atoms with Gasteiger partial charge < -0.3 is 9.64 Å². The van der Waals surface area contributed by atoms with E-state index >= 15 is 0 Å². The van der Waals surface area contributed by atoms with Crippen LogP contribution in [-0.2, 0) is 9.53 Å². The highest BCUT2D eigenvalue weighted by Crippen LogP contribution is 2.34. The quantitative estimate of drug-likeness (QED) is 0.516. The van der Waals surface area contributed by atoms with Crippen LogP contribution < -0.4 is 4.90 Å². The van der Waals surface area contributed by atoms with Crippen LogP contribution in [0.1, 0.15) is 19.4 Å². The van der Waals surface area contributed by atoms with Crippen LogP contribution in [0.25, 0.3) is 0 Å². The van der Waals surface area contributed by atoms with Gasteiger partial charge in [-0.2, -0.15) is 5.10 Å². The lowest BCUT2D eigenvalue weighted by atomic mass is 9.82. The van der Waals surface area contributed by atoms with Crippen molar-refractivity contribution in [1.82, 2.24) is 9.91 Å². The summed E-state index contributed by atoms with van der Waals surface area (Å²) in [5, 5.41) is 6.14.